The Morgan fingerprint density at radius 1 is 1.13 bits per heavy atom. The molecule has 9 heteroatoms. The Hall–Kier alpha value is -3.07. The molecule has 2 saturated heterocycles. The Morgan fingerprint density at radius 3 is 2.77 bits per heavy atom. The molecule has 3 aromatic rings. The summed E-state index contributed by atoms with van der Waals surface area (Å²) < 4.78 is 25.9. The van der Waals surface area contributed by atoms with Crippen LogP contribution in [0.1, 0.15) is 31.6 Å². The number of piperidine rings is 2. The lowest BCUT2D eigenvalue weighted by Crippen LogP contribution is -2.59. The van der Waals surface area contributed by atoms with E-state index in [0.717, 1.165) is 19.3 Å². The fourth-order valence-corrected chi connectivity index (χ4v) is 4.25. The molecule has 2 aromatic heterocycles. The van der Waals surface area contributed by atoms with Crippen molar-refractivity contribution in [2.24, 2.45) is 0 Å². The van der Waals surface area contributed by atoms with Gasteiger partial charge in [0.2, 0.25) is 17.7 Å². The zero-order valence-corrected chi connectivity index (χ0v) is 16.5. The minimum atomic E-state index is -1.06. The van der Waals surface area contributed by atoms with Crippen molar-refractivity contribution in [2.75, 3.05) is 0 Å². The monoisotopic (exact) mass is 411 g/mol. The maximum atomic E-state index is 14.7. The fraction of sp³-hybridized carbons (Fsp3) is 0.429. The summed E-state index contributed by atoms with van der Waals surface area (Å²) in [6.07, 6.45) is 1.98. The summed E-state index contributed by atoms with van der Waals surface area (Å²) in [5, 5.41) is 29.7. The topological polar surface area (TPSA) is 106 Å². The van der Waals surface area contributed by atoms with Crippen LogP contribution in [0.3, 0.4) is 0 Å². The van der Waals surface area contributed by atoms with Gasteiger partial charge in [0.15, 0.2) is 6.17 Å². The number of rotatable bonds is 4. The standard InChI is InChI=1S/C21H22FN5O3/c1-11-24-27-21(29-11)12-5-6-14(17(28)9-12)15-7-8-19(26-25-15)30-18-10-13-3-2-4-16(23-13)20(18)22/h5-9,13,16,18,20,23,28H,2-4,10H2,1H3/t13-,16+,18-,20+/m0/s1. The van der Waals surface area contributed by atoms with E-state index >= 15 is 0 Å². The maximum Gasteiger partial charge on any atom is 0.247 e. The molecule has 0 aliphatic carbocycles. The van der Waals surface area contributed by atoms with Gasteiger partial charge in [-0.25, -0.2) is 4.39 Å². The molecule has 5 rings (SSSR count). The smallest absolute Gasteiger partial charge is 0.247 e. The van der Waals surface area contributed by atoms with Crippen molar-refractivity contribution in [1.82, 2.24) is 25.7 Å². The Bertz CT molecular complexity index is 1040. The van der Waals surface area contributed by atoms with Crippen LogP contribution in [0.25, 0.3) is 22.7 Å². The number of alkyl halides is 1. The normalized spacial score (nSPS) is 25.8. The van der Waals surface area contributed by atoms with E-state index in [2.05, 4.69) is 25.7 Å². The molecule has 30 heavy (non-hydrogen) atoms. The molecule has 1 aromatic carbocycles. The van der Waals surface area contributed by atoms with Crippen molar-refractivity contribution in [1.29, 1.82) is 0 Å². The van der Waals surface area contributed by atoms with Gasteiger partial charge in [-0.3, -0.25) is 0 Å². The van der Waals surface area contributed by atoms with E-state index in [9.17, 15) is 9.50 Å². The number of aromatic nitrogens is 4. The third kappa shape index (κ3) is 3.60. The number of hydrogen-bond donors (Lipinski definition) is 2. The molecule has 2 fully saturated rings. The van der Waals surface area contributed by atoms with Gasteiger partial charge < -0.3 is 19.6 Å². The number of halogens is 1. The van der Waals surface area contributed by atoms with Crippen molar-refractivity contribution in [3.63, 3.8) is 0 Å². The van der Waals surface area contributed by atoms with Gasteiger partial charge >= 0.3 is 0 Å². The van der Waals surface area contributed by atoms with Crippen molar-refractivity contribution < 1.29 is 18.7 Å². The van der Waals surface area contributed by atoms with Gasteiger partial charge in [0.25, 0.3) is 0 Å². The second-order valence-corrected chi connectivity index (χ2v) is 7.85. The number of nitrogens with one attached hydrogen (secondary N) is 1. The van der Waals surface area contributed by atoms with E-state index in [-0.39, 0.29) is 17.7 Å². The Labute approximate surface area is 172 Å². The molecule has 0 saturated carbocycles. The van der Waals surface area contributed by atoms with Crippen molar-refractivity contribution >= 4 is 0 Å². The highest BCUT2D eigenvalue weighted by Gasteiger charge is 2.41. The second-order valence-electron chi connectivity index (χ2n) is 7.85. The summed E-state index contributed by atoms with van der Waals surface area (Å²) in [6.45, 7) is 1.70. The second kappa shape index (κ2) is 7.64. The van der Waals surface area contributed by atoms with Gasteiger partial charge in [-0.1, -0.05) is 6.42 Å². The fourth-order valence-electron chi connectivity index (χ4n) is 4.25. The number of ether oxygens (including phenoxy) is 1. The van der Waals surface area contributed by atoms with Crippen LogP contribution in [0.15, 0.2) is 34.7 Å². The van der Waals surface area contributed by atoms with E-state index in [1.807, 2.05) is 0 Å². The highest BCUT2D eigenvalue weighted by molar-refractivity contribution is 5.71. The van der Waals surface area contributed by atoms with Crippen LogP contribution < -0.4 is 10.1 Å². The molecule has 4 heterocycles. The van der Waals surface area contributed by atoms with Crippen LogP contribution >= 0.6 is 0 Å². The Kier molecular flexibility index (Phi) is 4.82. The van der Waals surface area contributed by atoms with E-state index in [4.69, 9.17) is 9.15 Å². The number of phenols is 1. The lowest BCUT2D eigenvalue weighted by atomic mass is 9.84. The summed E-state index contributed by atoms with van der Waals surface area (Å²) in [7, 11) is 0. The molecular weight excluding hydrogens is 389 g/mol. The van der Waals surface area contributed by atoms with Crippen LogP contribution in [-0.2, 0) is 0 Å². The predicted molar refractivity (Wildman–Crippen MR) is 106 cm³/mol. The summed E-state index contributed by atoms with van der Waals surface area (Å²) in [6, 6.07) is 8.51. The van der Waals surface area contributed by atoms with Gasteiger partial charge in [-0.15, -0.1) is 20.4 Å². The van der Waals surface area contributed by atoms with E-state index in [1.165, 1.54) is 6.07 Å². The molecular formula is C21H22FN5O3. The predicted octanol–water partition coefficient (Wildman–Crippen LogP) is 3.21. The van der Waals surface area contributed by atoms with Gasteiger partial charge in [-0.05, 0) is 37.1 Å². The summed E-state index contributed by atoms with van der Waals surface area (Å²) in [4.78, 5) is 0. The van der Waals surface area contributed by atoms with E-state index < -0.39 is 12.3 Å². The van der Waals surface area contributed by atoms with Crippen LogP contribution in [0.4, 0.5) is 4.39 Å². The molecule has 2 aliphatic heterocycles. The average Bonchev–Trinajstić information content (AvgIpc) is 3.19. The minimum absolute atomic E-state index is 0.0151. The highest BCUT2D eigenvalue weighted by atomic mass is 19.1. The van der Waals surface area contributed by atoms with E-state index in [0.29, 0.717) is 41.1 Å². The van der Waals surface area contributed by atoms with Crippen LogP contribution in [0.5, 0.6) is 11.6 Å². The molecule has 8 nitrogen and oxygen atoms in total. The number of nitrogens with zero attached hydrogens (tertiary/aromatic N) is 4. The number of aromatic hydroxyl groups is 1. The third-order valence-corrected chi connectivity index (χ3v) is 5.73. The van der Waals surface area contributed by atoms with Crippen molar-refractivity contribution in [3.8, 4) is 34.3 Å². The minimum Gasteiger partial charge on any atom is -0.507 e. The maximum absolute atomic E-state index is 14.7. The quantitative estimate of drug-likeness (QED) is 0.674. The van der Waals surface area contributed by atoms with Crippen LogP contribution in [0, 0.1) is 6.92 Å². The average molecular weight is 411 g/mol. The summed E-state index contributed by atoms with van der Waals surface area (Å²) in [5.41, 5.74) is 1.59. The number of hydrogen-bond acceptors (Lipinski definition) is 8. The first-order valence-electron chi connectivity index (χ1n) is 10.1. The SMILES string of the molecule is Cc1nnc(-c2ccc(-c3ccc(O[C@H]4C[C@@H]5CCC[C@@H](N5)[C@H]4F)nn3)c(O)c2)o1. The zero-order valence-electron chi connectivity index (χ0n) is 16.5. The van der Waals surface area contributed by atoms with Gasteiger partial charge in [-0.2, -0.15) is 0 Å². The molecule has 156 valence electrons. The number of aryl methyl sites for hydroxylation is 1. The van der Waals surface area contributed by atoms with Crippen molar-refractivity contribution in [2.45, 2.75) is 57.0 Å². The largest absolute Gasteiger partial charge is 0.507 e. The first kappa shape index (κ1) is 18.9. The highest BCUT2D eigenvalue weighted by Crippen LogP contribution is 2.33. The molecule has 0 spiro atoms. The molecule has 2 aliphatic rings. The van der Waals surface area contributed by atoms with Crippen LogP contribution in [-0.4, -0.2) is 49.9 Å². The third-order valence-electron chi connectivity index (χ3n) is 5.73. The number of fused-ring (bicyclic) bond motifs is 2. The molecule has 0 radical (unpaired) electrons. The molecule has 2 N–H and O–H groups in total. The molecule has 2 bridgehead atoms. The van der Waals surface area contributed by atoms with Crippen LogP contribution in [0.2, 0.25) is 0 Å². The number of phenolic OH excluding ortho intramolecular Hbond substituents is 1. The summed E-state index contributed by atoms with van der Waals surface area (Å²) in [5.74, 6) is 1.07. The molecule has 0 unspecified atom stereocenters. The first-order valence-corrected chi connectivity index (χ1v) is 10.1. The lowest BCUT2D eigenvalue weighted by molar-refractivity contribution is 0.00652. The summed E-state index contributed by atoms with van der Waals surface area (Å²) >= 11 is 0. The Morgan fingerprint density at radius 2 is 2.03 bits per heavy atom. The first-order chi connectivity index (χ1) is 14.6. The Balaban J connectivity index is 1.31. The van der Waals surface area contributed by atoms with Gasteiger partial charge in [0.1, 0.15) is 11.9 Å². The molecule has 4 atom stereocenters. The van der Waals surface area contributed by atoms with E-state index in [1.54, 1.807) is 31.2 Å². The number of benzene rings is 1. The van der Waals surface area contributed by atoms with Gasteiger partial charge in [0, 0.05) is 42.6 Å². The molecule has 0 amide bonds. The van der Waals surface area contributed by atoms with Gasteiger partial charge in [0.05, 0.1) is 5.69 Å². The zero-order chi connectivity index (χ0) is 20.7. The van der Waals surface area contributed by atoms with Crippen molar-refractivity contribution in [3.05, 3.63) is 36.2 Å². The lowest BCUT2D eigenvalue weighted by Gasteiger charge is -2.42.